The van der Waals surface area contributed by atoms with Gasteiger partial charge in [0, 0.05) is 25.1 Å². The van der Waals surface area contributed by atoms with E-state index in [1.54, 1.807) is 7.11 Å². The summed E-state index contributed by atoms with van der Waals surface area (Å²) in [4.78, 5) is 16.9. The van der Waals surface area contributed by atoms with E-state index >= 15 is 0 Å². The van der Waals surface area contributed by atoms with Crippen LogP contribution in [0.4, 0.5) is 4.79 Å². The number of methoxy groups -OCH3 is 1. The number of alkyl carbamates (subject to hydrolysis) is 1. The number of hydrogen-bond donors (Lipinski definition) is 1. The van der Waals surface area contributed by atoms with Crippen LogP contribution < -0.4 is 5.32 Å². The number of aryl methyl sites for hydroxylation is 2. The number of hydrogen-bond acceptors (Lipinski definition) is 6. The van der Waals surface area contributed by atoms with Gasteiger partial charge in [-0.2, -0.15) is 0 Å². The monoisotopic (exact) mass is 424 g/mol. The van der Waals surface area contributed by atoms with Gasteiger partial charge < -0.3 is 23.9 Å². The number of rotatable bonds is 4. The lowest BCUT2D eigenvalue weighted by atomic mass is 9.92. The Kier molecular flexibility index (Phi) is 5.17. The zero-order valence-corrected chi connectivity index (χ0v) is 18.2. The van der Waals surface area contributed by atoms with Crippen LogP contribution in [-0.4, -0.2) is 40.6 Å². The van der Waals surface area contributed by atoms with Crippen molar-refractivity contribution < 1.29 is 18.8 Å². The standard InChI is InChI=1S/C23H28N4O4/c1-13-21(14(2)31-26-13)15-4-9-20-19(12-15)24-22(18-10-11-30-23(28)25-18)27(20)16-5-7-17(29-3)8-6-16/h4,9,12,16-18H,5-8,10-11H2,1-3H3,(H,25,28)/t16-,17-,18?. The number of imidazole rings is 1. The first-order valence-electron chi connectivity index (χ1n) is 11.0. The molecule has 1 aliphatic heterocycles. The fraction of sp³-hybridized carbons (Fsp3) is 0.522. The number of carbonyl (C=O) groups is 1. The third-order valence-electron chi connectivity index (χ3n) is 6.62. The Hall–Kier alpha value is -2.87. The predicted molar refractivity (Wildman–Crippen MR) is 115 cm³/mol. The molecule has 2 aliphatic rings. The van der Waals surface area contributed by atoms with E-state index in [1.165, 1.54) is 0 Å². The van der Waals surface area contributed by atoms with Crippen molar-refractivity contribution in [2.45, 2.75) is 64.1 Å². The van der Waals surface area contributed by atoms with Crippen molar-refractivity contribution in [2.75, 3.05) is 13.7 Å². The molecule has 3 heterocycles. The molecule has 1 saturated heterocycles. The molecule has 1 N–H and O–H groups in total. The van der Waals surface area contributed by atoms with E-state index in [1.807, 2.05) is 13.8 Å². The molecule has 31 heavy (non-hydrogen) atoms. The van der Waals surface area contributed by atoms with Crippen molar-refractivity contribution in [3.8, 4) is 11.1 Å². The lowest BCUT2D eigenvalue weighted by molar-refractivity contribution is 0.0580. The smallest absolute Gasteiger partial charge is 0.407 e. The maximum atomic E-state index is 11.9. The van der Waals surface area contributed by atoms with Crippen molar-refractivity contribution in [2.24, 2.45) is 0 Å². The minimum Gasteiger partial charge on any atom is -0.449 e. The Morgan fingerprint density at radius 1 is 1.16 bits per heavy atom. The van der Waals surface area contributed by atoms with Crippen molar-refractivity contribution >= 4 is 17.1 Å². The third kappa shape index (κ3) is 3.59. The van der Waals surface area contributed by atoms with Gasteiger partial charge in [-0.25, -0.2) is 9.78 Å². The van der Waals surface area contributed by atoms with E-state index in [4.69, 9.17) is 19.0 Å². The summed E-state index contributed by atoms with van der Waals surface area (Å²) in [5, 5.41) is 7.05. The van der Waals surface area contributed by atoms with E-state index < -0.39 is 0 Å². The molecule has 8 heteroatoms. The predicted octanol–water partition coefficient (Wildman–Crippen LogP) is 4.61. The average molecular weight is 425 g/mol. The summed E-state index contributed by atoms with van der Waals surface area (Å²) in [6.07, 6.45) is 4.76. The summed E-state index contributed by atoms with van der Waals surface area (Å²) in [6, 6.07) is 6.52. The summed E-state index contributed by atoms with van der Waals surface area (Å²) in [6.45, 7) is 4.28. The van der Waals surface area contributed by atoms with Crippen LogP contribution in [0.25, 0.3) is 22.2 Å². The Morgan fingerprint density at radius 2 is 1.97 bits per heavy atom. The molecule has 1 unspecified atom stereocenters. The molecule has 2 aromatic heterocycles. The second kappa shape index (κ2) is 8.00. The summed E-state index contributed by atoms with van der Waals surface area (Å²) in [5.74, 6) is 1.70. The van der Waals surface area contributed by atoms with Crippen molar-refractivity contribution in [1.29, 1.82) is 0 Å². The Morgan fingerprint density at radius 3 is 2.65 bits per heavy atom. The lowest BCUT2D eigenvalue weighted by Crippen LogP contribution is -2.37. The first kappa shape index (κ1) is 20.1. The van der Waals surface area contributed by atoms with Crippen LogP contribution in [0.3, 0.4) is 0 Å². The van der Waals surface area contributed by atoms with E-state index in [0.29, 0.717) is 25.2 Å². The number of ether oxygens (including phenoxy) is 2. The van der Waals surface area contributed by atoms with Gasteiger partial charge in [0.2, 0.25) is 0 Å². The van der Waals surface area contributed by atoms with Gasteiger partial charge in [0.25, 0.3) is 0 Å². The number of nitrogens with zero attached hydrogens (tertiary/aromatic N) is 3. The van der Waals surface area contributed by atoms with Crippen LogP contribution in [0.15, 0.2) is 22.7 Å². The van der Waals surface area contributed by atoms with Gasteiger partial charge in [0.05, 0.1) is 35.5 Å². The largest absolute Gasteiger partial charge is 0.449 e. The number of fused-ring (bicyclic) bond motifs is 1. The highest BCUT2D eigenvalue weighted by atomic mass is 16.6. The molecule has 0 bridgehead atoms. The minimum absolute atomic E-state index is 0.156. The molecule has 2 fully saturated rings. The molecule has 164 valence electrons. The molecule has 1 amide bonds. The van der Waals surface area contributed by atoms with Crippen molar-refractivity contribution in [3.63, 3.8) is 0 Å². The number of amides is 1. The number of nitrogens with one attached hydrogen (secondary N) is 1. The maximum absolute atomic E-state index is 11.9. The zero-order chi connectivity index (χ0) is 21.5. The van der Waals surface area contributed by atoms with Crippen LogP contribution in [-0.2, 0) is 9.47 Å². The quantitative estimate of drug-likeness (QED) is 0.658. The molecular weight excluding hydrogens is 396 g/mol. The Balaban J connectivity index is 1.60. The molecule has 1 aromatic carbocycles. The van der Waals surface area contributed by atoms with E-state index in [0.717, 1.165) is 65.1 Å². The number of aromatic nitrogens is 3. The molecule has 0 spiro atoms. The maximum Gasteiger partial charge on any atom is 0.407 e. The molecule has 1 atom stereocenters. The molecular formula is C23H28N4O4. The third-order valence-corrected chi connectivity index (χ3v) is 6.62. The highest BCUT2D eigenvalue weighted by Gasteiger charge is 2.31. The topological polar surface area (TPSA) is 91.4 Å². The highest BCUT2D eigenvalue weighted by Crippen LogP contribution is 2.37. The lowest BCUT2D eigenvalue weighted by Gasteiger charge is -2.32. The van der Waals surface area contributed by atoms with Gasteiger partial charge >= 0.3 is 6.09 Å². The van der Waals surface area contributed by atoms with Gasteiger partial charge in [-0.3, -0.25) is 0 Å². The fourth-order valence-corrected chi connectivity index (χ4v) is 5.06. The van der Waals surface area contributed by atoms with Crippen LogP contribution in [0.2, 0.25) is 0 Å². The molecule has 3 aromatic rings. The van der Waals surface area contributed by atoms with Gasteiger partial charge in [-0.1, -0.05) is 11.2 Å². The molecule has 1 saturated carbocycles. The average Bonchev–Trinajstić information content (AvgIpc) is 3.33. The first-order valence-corrected chi connectivity index (χ1v) is 11.0. The van der Waals surface area contributed by atoms with Gasteiger partial charge in [-0.15, -0.1) is 0 Å². The normalized spacial score (nSPS) is 24.2. The van der Waals surface area contributed by atoms with Gasteiger partial charge in [0.1, 0.15) is 11.6 Å². The van der Waals surface area contributed by atoms with Crippen LogP contribution in [0.1, 0.15) is 61.5 Å². The van der Waals surface area contributed by atoms with E-state index in [-0.39, 0.29) is 12.1 Å². The van der Waals surface area contributed by atoms with E-state index in [2.05, 4.69) is 33.2 Å². The summed E-state index contributed by atoms with van der Waals surface area (Å²) in [5.41, 5.74) is 4.93. The van der Waals surface area contributed by atoms with Crippen LogP contribution in [0.5, 0.6) is 0 Å². The Labute approximate surface area is 180 Å². The summed E-state index contributed by atoms with van der Waals surface area (Å²) < 4.78 is 18.4. The fourth-order valence-electron chi connectivity index (χ4n) is 5.06. The zero-order valence-electron chi connectivity index (χ0n) is 18.2. The van der Waals surface area contributed by atoms with Gasteiger partial charge in [-0.05, 0) is 57.2 Å². The van der Waals surface area contributed by atoms with Crippen LogP contribution in [0, 0.1) is 13.8 Å². The SMILES string of the molecule is CO[C@H]1CC[C@H](n2c(C3CCOC(=O)N3)nc3cc(-c4c(C)noc4C)ccc32)CC1. The molecule has 5 rings (SSSR count). The van der Waals surface area contributed by atoms with Crippen molar-refractivity contribution in [1.82, 2.24) is 20.0 Å². The molecule has 0 radical (unpaired) electrons. The second-order valence-electron chi connectivity index (χ2n) is 8.53. The van der Waals surface area contributed by atoms with Crippen LogP contribution >= 0.6 is 0 Å². The number of carbonyl (C=O) groups excluding carboxylic acids is 1. The van der Waals surface area contributed by atoms with Gasteiger partial charge in [0.15, 0.2) is 0 Å². The Bertz CT molecular complexity index is 1090. The summed E-state index contributed by atoms with van der Waals surface area (Å²) in [7, 11) is 1.79. The summed E-state index contributed by atoms with van der Waals surface area (Å²) >= 11 is 0. The van der Waals surface area contributed by atoms with Crippen molar-refractivity contribution in [3.05, 3.63) is 35.5 Å². The molecule has 1 aliphatic carbocycles. The number of benzene rings is 1. The molecule has 8 nitrogen and oxygen atoms in total. The van der Waals surface area contributed by atoms with E-state index in [9.17, 15) is 4.79 Å². The highest BCUT2D eigenvalue weighted by molar-refractivity contribution is 5.84. The second-order valence-corrected chi connectivity index (χ2v) is 8.53. The first-order chi connectivity index (χ1) is 15.0. The number of cyclic esters (lactones) is 1. The minimum atomic E-state index is -0.380.